The molecule has 2 fully saturated rings. The number of nitriles is 1. The topological polar surface area (TPSA) is 48.7 Å². The van der Waals surface area contributed by atoms with E-state index in [9.17, 15) is 18.4 Å². The van der Waals surface area contributed by atoms with Gasteiger partial charge < -0.3 is 5.32 Å². The van der Waals surface area contributed by atoms with Crippen LogP contribution in [0.25, 0.3) is 0 Å². The first-order valence-electron chi connectivity index (χ1n) is 7.13. The fraction of sp³-hybridized carbons (Fsp3) is 0.600. The van der Waals surface area contributed by atoms with Gasteiger partial charge in [-0.25, -0.2) is 0 Å². The van der Waals surface area contributed by atoms with E-state index in [0.717, 1.165) is 0 Å². The highest BCUT2D eigenvalue weighted by molar-refractivity contribution is 6.30. The lowest BCUT2D eigenvalue weighted by Gasteiger charge is -2.44. The van der Waals surface area contributed by atoms with Gasteiger partial charge in [0.05, 0.1) is 22.9 Å². The average molecular weight is 330 g/mol. The van der Waals surface area contributed by atoms with Crippen molar-refractivity contribution in [2.75, 3.05) is 0 Å². The molecule has 3 heterocycles. The molecule has 0 aromatic carbocycles. The Labute approximate surface area is 131 Å². The highest BCUT2D eigenvalue weighted by atomic mass is 35.5. The van der Waals surface area contributed by atoms with Crippen molar-refractivity contribution < 1.29 is 13.2 Å². The lowest BCUT2D eigenvalue weighted by atomic mass is 9.67. The molecule has 118 valence electrons. The van der Waals surface area contributed by atoms with Gasteiger partial charge in [0, 0.05) is 24.0 Å². The molecule has 1 N–H and O–H groups in total. The van der Waals surface area contributed by atoms with Gasteiger partial charge >= 0.3 is 6.18 Å². The van der Waals surface area contributed by atoms with Crippen LogP contribution in [0.1, 0.15) is 37.7 Å². The Balaban J connectivity index is 1.99. The fourth-order valence-electron chi connectivity index (χ4n) is 4.02. The van der Waals surface area contributed by atoms with Gasteiger partial charge in [0.2, 0.25) is 0 Å². The summed E-state index contributed by atoms with van der Waals surface area (Å²) in [5, 5.41) is 13.2. The van der Waals surface area contributed by atoms with Gasteiger partial charge in [-0.15, -0.1) is 0 Å². The van der Waals surface area contributed by atoms with Crippen molar-refractivity contribution in [2.24, 2.45) is 0 Å². The Bertz CT molecular complexity index is 627. The Kier molecular flexibility index (Phi) is 3.61. The number of piperidine rings is 1. The third-order valence-corrected chi connectivity index (χ3v) is 4.93. The molecule has 2 aliphatic rings. The molecular formula is C15H15ClF3N3. The van der Waals surface area contributed by atoms with Crippen LogP contribution in [0.3, 0.4) is 0 Å². The van der Waals surface area contributed by atoms with Crippen LogP contribution < -0.4 is 5.32 Å². The summed E-state index contributed by atoms with van der Waals surface area (Å²) in [6, 6.07) is 3.83. The fourth-order valence-corrected chi connectivity index (χ4v) is 4.19. The van der Waals surface area contributed by atoms with Gasteiger partial charge in [0.1, 0.15) is 0 Å². The van der Waals surface area contributed by atoms with Gasteiger partial charge in [0.25, 0.3) is 0 Å². The van der Waals surface area contributed by atoms with Crippen LogP contribution in [-0.4, -0.2) is 22.7 Å². The first-order chi connectivity index (χ1) is 10.3. The summed E-state index contributed by atoms with van der Waals surface area (Å²) in [5.41, 5.74) is -1.41. The summed E-state index contributed by atoms with van der Waals surface area (Å²) in [6.07, 6.45) is -0.443. The van der Waals surface area contributed by atoms with Crippen molar-refractivity contribution in [3.8, 4) is 6.07 Å². The smallest absolute Gasteiger partial charge is 0.308 e. The Morgan fingerprint density at radius 1 is 1.45 bits per heavy atom. The highest BCUT2D eigenvalue weighted by Gasteiger charge is 2.56. The molecule has 3 unspecified atom stereocenters. The predicted octanol–water partition coefficient (Wildman–Crippen LogP) is 3.73. The van der Waals surface area contributed by atoms with Crippen LogP contribution >= 0.6 is 11.6 Å². The maximum atomic E-state index is 13.0. The van der Waals surface area contributed by atoms with E-state index < -0.39 is 23.6 Å². The summed E-state index contributed by atoms with van der Waals surface area (Å²) < 4.78 is 38.9. The minimum Gasteiger partial charge on any atom is -0.308 e. The molecule has 0 saturated carbocycles. The number of nitrogens with one attached hydrogen (secondary N) is 1. The van der Waals surface area contributed by atoms with Crippen molar-refractivity contribution in [2.45, 2.75) is 55.3 Å². The Morgan fingerprint density at radius 2 is 2.23 bits per heavy atom. The molecule has 0 radical (unpaired) electrons. The van der Waals surface area contributed by atoms with Gasteiger partial charge in [-0.05, 0) is 37.3 Å². The van der Waals surface area contributed by atoms with Gasteiger partial charge in [-0.1, -0.05) is 11.6 Å². The molecule has 3 atom stereocenters. The number of nitrogens with zero attached hydrogens (tertiary/aromatic N) is 2. The van der Waals surface area contributed by atoms with Crippen molar-refractivity contribution >= 4 is 11.6 Å². The van der Waals surface area contributed by atoms with E-state index in [1.807, 2.05) is 0 Å². The third kappa shape index (κ3) is 2.80. The minimum absolute atomic E-state index is 0.0743. The zero-order valence-electron chi connectivity index (χ0n) is 11.8. The van der Waals surface area contributed by atoms with E-state index in [1.165, 1.54) is 6.20 Å². The standard InChI is InChI=1S/C15H15ClF3N3/c16-11-3-10(5-21-6-11)13(9-20)4-12-1-2-14(7-13,22-12)8-15(17,18)19/h3,5-6,12,22H,1-2,4,7-8H2. The second-order valence-electron chi connectivity index (χ2n) is 6.42. The molecule has 3 rings (SSSR count). The van der Waals surface area contributed by atoms with Gasteiger partial charge in [0.15, 0.2) is 0 Å². The summed E-state index contributed by atoms with van der Waals surface area (Å²) in [5.74, 6) is 0. The van der Waals surface area contributed by atoms with Crippen molar-refractivity contribution in [1.82, 2.24) is 10.3 Å². The number of halogens is 4. The van der Waals surface area contributed by atoms with E-state index in [1.54, 1.807) is 12.3 Å². The number of hydrogen-bond donors (Lipinski definition) is 1. The van der Waals surface area contributed by atoms with Crippen LogP contribution in [0, 0.1) is 11.3 Å². The van der Waals surface area contributed by atoms with Gasteiger partial charge in [-0.2, -0.15) is 18.4 Å². The molecule has 0 aliphatic carbocycles. The summed E-state index contributed by atoms with van der Waals surface area (Å²) in [7, 11) is 0. The van der Waals surface area contributed by atoms with Crippen molar-refractivity contribution in [3.05, 3.63) is 29.0 Å². The van der Waals surface area contributed by atoms with E-state index in [4.69, 9.17) is 11.6 Å². The molecule has 2 bridgehead atoms. The number of rotatable bonds is 2. The molecule has 0 amide bonds. The number of hydrogen-bond acceptors (Lipinski definition) is 3. The lowest BCUT2D eigenvalue weighted by Crippen LogP contribution is -2.56. The lowest BCUT2D eigenvalue weighted by molar-refractivity contribution is -0.152. The molecule has 0 spiro atoms. The SMILES string of the molecule is N#CC1(c2cncc(Cl)c2)CC2CCC(CC(F)(F)F)(C1)N2. The normalized spacial score (nSPS) is 34.4. The van der Waals surface area contributed by atoms with Crippen molar-refractivity contribution in [3.63, 3.8) is 0 Å². The molecule has 1 aromatic rings. The Hall–Kier alpha value is -1.32. The van der Waals surface area contributed by atoms with E-state index in [2.05, 4.69) is 16.4 Å². The summed E-state index contributed by atoms with van der Waals surface area (Å²) in [4.78, 5) is 3.99. The molecule has 3 nitrogen and oxygen atoms in total. The first-order valence-corrected chi connectivity index (χ1v) is 7.51. The number of aromatic nitrogens is 1. The van der Waals surface area contributed by atoms with Crippen LogP contribution in [0.5, 0.6) is 0 Å². The Morgan fingerprint density at radius 3 is 2.86 bits per heavy atom. The molecule has 22 heavy (non-hydrogen) atoms. The van der Waals surface area contributed by atoms with Crippen LogP contribution in [0.15, 0.2) is 18.5 Å². The number of fused-ring (bicyclic) bond motifs is 2. The predicted molar refractivity (Wildman–Crippen MR) is 75.3 cm³/mol. The zero-order chi connectivity index (χ0) is 16.0. The summed E-state index contributed by atoms with van der Waals surface area (Å²) >= 11 is 5.95. The first kappa shape index (κ1) is 15.6. The second kappa shape index (κ2) is 5.10. The quantitative estimate of drug-likeness (QED) is 0.899. The summed E-state index contributed by atoms with van der Waals surface area (Å²) in [6.45, 7) is 0. The maximum Gasteiger partial charge on any atom is 0.390 e. The zero-order valence-corrected chi connectivity index (χ0v) is 12.5. The van der Waals surface area contributed by atoms with Crippen LogP contribution in [0.2, 0.25) is 5.02 Å². The second-order valence-corrected chi connectivity index (χ2v) is 6.86. The molecule has 1 aromatic heterocycles. The molecule has 2 aliphatic heterocycles. The van der Waals surface area contributed by atoms with Crippen molar-refractivity contribution in [1.29, 1.82) is 5.26 Å². The largest absolute Gasteiger partial charge is 0.390 e. The monoisotopic (exact) mass is 329 g/mol. The molecular weight excluding hydrogens is 315 g/mol. The van der Waals surface area contributed by atoms with E-state index in [-0.39, 0.29) is 12.5 Å². The van der Waals surface area contributed by atoms with E-state index in [0.29, 0.717) is 29.8 Å². The third-order valence-electron chi connectivity index (χ3n) is 4.73. The molecule has 7 heteroatoms. The maximum absolute atomic E-state index is 13.0. The van der Waals surface area contributed by atoms with Crippen LogP contribution in [-0.2, 0) is 5.41 Å². The van der Waals surface area contributed by atoms with Gasteiger partial charge in [-0.3, -0.25) is 4.98 Å². The molecule has 2 saturated heterocycles. The van der Waals surface area contributed by atoms with Crippen LogP contribution in [0.4, 0.5) is 13.2 Å². The number of pyridine rings is 1. The highest BCUT2D eigenvalue weighted by Crippen LogP contribution is 2.50. The number of alkyl halides is 3. The average Bonchev–Trinajstić information content (AvgIpc) is 2.71. The van der Waals surface area contributed by atoms with E-state index >= 15 is 0 Å². The minimum atomic E-state index is -4.26.